The molecule has 0 aromatic carbocycles. The molecule has 7 nitrogen and oxygen atoms in total. The molecule has 34 heavy (non-hydrogen) atoms. The lowest BCUT2D eigenvalue weighted by molar-refractivity contribution is -0.152. The number of carbonyl (C=O) groups is 2. The quantitative estimate of drug-likeness (QED) is 0.478. The number of aliphatic hydroxyl groups is 2. The number of carbonyl (C=O) groups excluding carboxylic acids is 2. The van der Waals surface area contributed by atoms with Crippen LogP contribution in [-0.4, -0.2) is 57.5 Å². The molecule has 0 amide bonds. The minimum Gasteiger partial charge on any atom is -0.458 e. The van der Waals surface area contributed by atoms with Crippen LogP contribution in [0.15, 0.2) is 11.0 Å². The maximum absolute atomic E-state index is 13.2. The average Bonchev–Trinajstić information content (AvgIpc) is 3.70. The van der Waals surface area contributed by atoms with Crippen molar-refractivity contribution in [3.63, 3.8) is 0 Å². The second-order valence-corrected chi connectivity index (χ2v) is 11.6. The second kappa shape index (κ2) is 10.2. The Hall–Kier alpha value is -1.61. The Bertz CT molecular complexity index is 937. The summed E-state index contributed by atoms with van der Waals surface area (Å²) in [4.78, 5) is 30.6. The number of aryl methyl sites for hydroxylation is 1. The van der Waals surface area contributed by atoms with E-state index in [1.54, 1.807) is 18.3 Å². The Morgan fingerprint density at radius 2 is 1.94 bits per heavy atom. The first-order chi connectivity index (χ1) is 16.1. The fourth-order valence-electron chi connectivity index (χ4n) is 5.30. The number of aromatic nitrogens is 1. The van der Waals surface area contributed by atoms with Crippen molar-refractivity contribution in [2.75, 3.05) is 0 Å². The molecule has 2 saturated heterocycles. The Balaban J connectivity index is 1.53. The molecular formula is C26H37NO6S. The number of esters is 1. The highest BCUT2D eigenvalue weighted by Crippen LogP contribution is 2.52. The van der Waals surface area contributed by atoms with Gasteiger partial charge >= 0.3 is 5.97 Å². The van der Waals surface area contributed by atoms with Crippen molar-refractivity contribution in [3.8, 4) is 0 Å². The third-order valence-corrected chi connectivity index (χ3v) is 8.65. The van der Waals surface area contributed by atoms with Gasteiger partial charge in [0.05, 0.1) is 47.0 Å². The minimum absolute atomic E-state index is 0.0201. The topological polar surface area (TPSA) is 109 Å². The zero-order valence-electron chi connectivity index (χ0n) is 20.5. The zero-order valence-corrected chi connectivity index (χ0v) is 21.3. The van der Waals surface area contributed by atoms with E-state index in [-0.39, 0.29) is 30.3 Å². The average molecular weight is 492 g/mol. The molecule has 3 aliphatic rings. The van der Waals surface area contributed by atoms with Crippen LogP contribution in [0.4, 0.5) is 0 Å². The van der Waals surface area contributed by atoms with Crippen LogP contribution < -0.4 is 0 Å². The third kappa shape index (κ3) is 5.61. The number of hydrogen-bond acceptors (Lipinski definition) is 8. The van der Waals surface area contributed by atoms with E-state index < -0.39 is 35.6 Å². The first-order valence-corrected chi connectivity index (χ1v) is 13.3. The number of cyclic esters (lactones) is 1. The van der Waals surface area contributed by atoms with Crippen molar-refractivity contribution in [1.82, 2.24) is 4.98 Å². The molecule has 4 rings (SSSR count). The fraction of sp³-hybridized carbons (Fsp3) is 0.731. The van der Waals surface area contributed by atoms with Gasteiger partial charge in [0.15, 0.2) is 0 Å². The number of aliphatic hydroxyl groups excluding tert-OH is 2. The van der Waals surface area contributed by atoms with Crippen LogP contribution >= 0.6 is 11.3 Å². The van der Waals surface area contributed by atoms with Gasteiger partial charge in [-0.1, -0.05) is 20.3 Å². The maximum atomic E-state index is 13.2. The van der Waals surface area contributed by atoms with Crippen LogP contribution in [0.1, 0.15) is 76.4 Å². The minimum atomic E-state index is -1.11. The van der Waals surface area contributed by atoms with Gasteiger partial charge in [-0.2, -0.15) is 0 Å². The SMILES string of the molecule is C/C(=C\c1csc(C)n1)[C@@H]1C[C@H]2O[C@H]2CCC[C@H](C)[C@H](O)[C@@H](C)C(=O)C2(CC2)[C@@H](O)CC(=O)O1. The highest BCUT2D eigenvalue weighted by molar-refractivity contribution is 7.09. The molecule has 0 radical (unpaired) electrons. The van der Waals surface area contributed by atoms with Crippen LogP contribution in [0.5, 0.6) is 0 Å². The normalized spacial score (nSPS) is 37.2. The van der Waals surface area contributed by atoms with Gasteiger partial charge in [0, 0.05) is 17.7 Å². The zero-order chi connectivity index (χ0) is 24.6. The second-order valence-electron chi connectivity index (χ2n) is 10.5. The highest BCUT2D eigenvalue weighted by Gasteiger charge is 2.57. The predicted octanol–water partition coefficient (Wildman–Crippen LogP) is 3.84. The number of ether oxygens (including phenoxy) is 2. The van der Waals surface area contributed by atoms with E-state index in [0.29, 0.717) is 19.3 Å². The smallest absolute Gasteiger partial charge is 0.309 e. The lowest BCUT2D eigenvalue weighted by Crippen LogP contribution is -2.41. The number of Topliss-reactive ketones (excluding diaryl/α,β-unsaturated/α-hetero) is 1. The summed E-state index contributed by atoms with van der Waals surface area (Å²) < 4.78 is 11.7. The molecule has 2 N–H and O–H groups in total. The molecule has 1 aliphatic carbocycles. The molecule has 1 spiro atoms. The van der Waals surface area contributed by atoms with Gasteiger partial charge in [0.1, 0.15) is 11.9 Å². The first-order valence-electron chi connectivity index (χ1n) is 12.5. The Labute approximate surface area is 205 Å². The molecule has 8 heteroatoms. The molecule has 0 unspecified atom stereocenters. The maximum Gasteiger partial charge on any atom is 0.309 e. The molecule has 0 bridgehead atoms. The molecule has 7 atom stereocenters. The first kappa shape index (κ1) is 25.5. The van der Waals surface area contributed by atoms with Crippen LogP contribution in [0.3, 0.4) is 0 Å². The van der Waals surface area contributed by atoms with Crippen molar-refractivity contribution in [1.29, 1.82) is 0 Å². The van der Waals surface area contributed by atoms with E-state index in [9.17, 15) is 19.8 Å². The van der Waals surface area contributed by atoms with E-state index >= 15 is 0 Å². The highest BCUT2D eigenvalue weighted by atomic mass is 32.1. The van der Waals surface area contributed by atoms with Crippen molar-refractivity contribution >= 4 is 29.2 Å². The number of fused-ring (bicyclic) bond motifs is 1. The van der Waals surface area contributed by atoms with E-state index in [1.807, 2.05) is 32.2 Å². The van der Waals surface area contributed by atoms with E-state index in [0.717, 1.165) is 35.5 Å². The largest absolute Gasteiger partial charge is 0.458 e. The number of nitrogens with zero attached hydrogens (tertiary/aromatic N) is 1. The van der Waals surface area contributed by atoms with Crippen LogP contribution in [0.2, 0.25) is 0 Å². The number of rotatable bonds is 2. The summed E-state index contributed by atoms with van der Waals surface area (Å²) in [5, 5.41) is 24.6. The van der Waals surface area contributed by atoms with Gasteiger partial charge in [0.2, 0.25) is 0 Å². The Morgan fingerprint density at radius 3 is 2.59 bits per heavy atom. The lowest BCUT2D eigenvalue weighted by atomic mass is 9.79. The van der Waals surface area contributed by atoms with Gasteiger partial charge in [-0.15, -0.1) is 11.3 Å². The summed E-state index contributed by atoms with van der Waals surface area (Å²) in [7, 11) is 0. The summed E-state index contributed by atoms with van der Waals surface area (Å²) >= 11 is 1.57. The number of hydrogen-bond donors (Lipinski definition) is 2. The van der Waals surface area contributed by atoms with Gasteiger partial charge in [-0.3, -0.25) is 9.59 Å². The van der Waals surface area contributed by atoms with E-state index in [1.165, 1.54) is 0 Å². The molecule has 1 aromatic rings. The standard InChI is InChI=1S/C26H37NO6S/c1-14-6-5-7-19-21(32-19)11-20(15(2)10-18-13-34-17(4)27-18)33-23(29)12-22(28)26(8-9-26)25(31)16(3)24(14)30/h10,13-14,16,19-22,24,28,30H,5-9,11-12H2,1-4H3/b15-10+/t14-,16+,19-,20-,21+,22-,24-/m0/s1. The summed E-state index contributed by atoms with van der Waals surface area (Å²) in [5.74, 6) is -1.28. The lowest BCUT2D eigenvalue weighted by Gasteiger charge is -2.29. The number of ketones is 1. The Kier molecular flexibility index (Phi) is 7.62. The summed E-state index contributed by atoms with van der Waals surface area (Å²) in [6, 6.07) is 0. The molecular weight excluding hydrogens is 454 g/mol. The molecule has 2 aliphatic heterocycles. The van der Waals surface area contributed by atoms with E-state index in [2.05, 4.69) is 4.98 Å². The fourth-order valence-corrected chi connectivity index (χ4v) is 5.87. The third-order valence-electron chi connectivity index (χ3n) is 7.86. The summed E-state index contributed by atoms with van der Waals surface area (Å²) in [6.45, 7) is 7.58. The van der Waals surface area contributed by atoms with E-state index in [4.69, 9.17) is 9.47 Å². The Morgan fingerprint density at radius 1 is 1.21 bits per heavy atom. The monoisotopic (exact) mass is 491 g/mol. The van der Waals surface area contributed by atoms with Crippen molar-refractivity contribution in [3.05, 3.63) is 21.7 Å². The number of thiazole rings is 1. The molecule has 1 saturated carbocycles. The molecule has 3 fully saturated rings. The number of epoxide rings is 1. The van der Waals surface area contributed by atoms with Crippen LogP contribution in [0, 0.1) is 24.2 Å². The van der Waals surface area contributed by atoms with Crippen molar-refractivity contribution in [2.45, 2.75) is 103 Å². The van der Waals surface area contributed by atoms with Gasteiger partial charge < -0.3 is 19.7 Å². The molecule has 188 valence electrons. The van der Waals surface area contributed by atoms with Gasteiger partial charge in [-0.25, -0.2) is 4.98 Å². The van der Waals surface area contributed by atoms with Gasteiger partial charge in [0.25, 0.3) is 0 Å². The van der Waals surface area contributed by atoms with Gasteiger partial charge in [-0.05, 0) is 57.1 Å². The summed E-state index contributed by atoms with van der Waals surface area (Å²) in [6.07, 6.45) is 3.69. The van der Waals surface area contributed by atoms with Crippen LogP contribution in [0.25, 0.3) is 6.08 Å². The van der Waals surface area contributed by atoms with Crippen LogP contribution in [-0.2, 0) is 19.1 Å². The van der Waals surface area contributed by atoms with Crippen molar-refractivity contribution in [2.24, 2.45) is 17.3 Å². The summed E-state index contributed by atoms with van der Waals surface area (Å²) in [5.41, 5.74) is 0.769. The predicted molar refractivity (Wildman–Crippen MR) is 129 cm³/mol. The molecule has 3 heterocycles. The van der Waals surface area contributed by atoms with Crippen molar-refractivity contribution < 1.29 is 29.3 Å². The molecule has 1 aromatic heterocycles.